The van der Waals surface area contributed by atoms with Gasteiger partial charge in [-0.3, -0.25) is 10.1 Å². The largest absolute Gasteiger partial charge is 0.453 e. The van der Waals surface area contributed by atoms with Crippen LogP contribution in [0, 0.1) is 5.82 Å². The zero-order valence-corrected chi connectivity index (χ0v) is 17.2. The van der Waals surface area contributed by atoms with Crippen LogP contribution < -0.4 is 10.6 Å². The first-order valence-electron chi connectivity index (χ1n) is 9.20. The van der Waals surface area contributed by atoms with Gasteiger partial charge in [0.05, 0.1) is 28.9 Å². The minimum atomic E-state index is -0.813. The number of para-hydroxylation sites is 1. The van der Waals surface area contributed by atoms with Gasteiger partial charge < -0.3 is 10.1 Å². The van der Waals surface area contributed by atoms with E-state index >= 15 is 0 Å². The summed E-state index contributed by atoms with van der Waals surface area (Å²) in [7, 11) is 1.18. The maximum absolute atomic E-state index is 14.0. The summed E-state index contributed by atoms with van der Waals surface area (Å²) < 4.78 is 20.1. The van der Waals surface area contributed by atoms with Gasteiger partial charge in [0.15, 0.2) is 0 Å². The predicted octanol–water partition coefficient (Wildman–Crippen LogP) is 5.17. The van der Waals surface area contributed by atoms with E-state index in [2.05, 4.69) is 20.5 Å². The predicted molar refractivity (Wildman–Crippen MR) is 117 cm³/mol. The summed E-state index contributed by atoms with van der Waals surface area (Å²) in [6.45, 7) is 0. The van der Waals surface area contributed by atoms with Crippen molar-refractivity contribution < 1.29 is 18.7 Å². The zero-order chi connectivity index (χ0) is 21.8. The lowest BCUT2D eigenvalue weighted by Gasteiger charge is -2.09. The number of hydrogen-bond acceptors (Lipinski definition) is 5. The molecule has 7 nitrogen and oxygen atoms in total. The highest BCUT2D eigenvalue weighted by atomic mass is 32.1. The van der Waals surface area contributed by atoms with Crippen molar-refractivity contribution in [2.45, 2.75) is 0 Å². The summed E-state index contributed by atoms with van der Waals surface area (Å²) in [5, 5.41) is 11.5. The molecule has 2 heterocycles. The van der Waals surface area contributed by atoms with E-state index in [1.807, 2.05) is 47.8 Å². The molecule has 2 aromatic carbocycles. The van der Waals surface area contributed by atoms with Gasteiger partial charge in [-0.1, -0.05) is 24.3 Å². The Balaban J connectivity index is 1.66. The monoisotopic (exact) mass is 436 g/mol. The molecule has 2 N–H and O–H groups in total. The van der Waals surface area contributed by atoms with E-state index in [-0.39, 0.29) is 5.69 Å². The maximum Gasteiger partial charge on any atom is 0.411 e. The number of hydrogen-bond donors (Lipinski definition) is 2. The summed E-state index contributed by atoms with van der Waals surface area (Å²) in [6, 6.07) is 17.1. The Bertz CT molecular complexity index is 1220. The normalized spacial score (nSPS) is 10.5. The van der Waals surface area contributed by atoms with Gasteiger partial charge in [-0.05, 0) is 41.8 Å². The van der Waals surface area contributed by atoms with E-state index in [1.54, 1.807) is 10.9 Å². The quantitative estimate of drug-likeness (QED) is 0.452. The smallest absolute Gasteiger partial charge is 0.411 e. The van der Waals surface area contributed by atoms with Crippen LogP contribution in [-0.2, 0) is 4.74 Å². The molecular formula is C22H17FN4O3S. The molecule has 4 aromatic rings. The number of amides is 2. The minimum Gasteiger partial charge on any atom is -0.453 e. The second kappa shape index (κ2) is 8.80. The van der Waals surface area contributed by atoms with Gasteiger partial charge in [-0.2, -0.15) is 5.10 Å². The minimum absolute atomic E-state index is 0.108. The van der Waals surface area contributed by atoms with Crippen molar-refractivity contribution in [3.8, 4) is 16.3 Å². The molecule has 2 aromatic heterocycles. The highest BCUT2D eigenvalue weighted by molar-refractivity contribution is 7.13. The van der Waals surface area contributed by atoms with Gasteiger partial charge in [0, 0.05) is 11.9 Å². The number of thiophene rings is 1. The lowest BCUT2D eigenvalue weighted by atomic mass is 10.2. The number of aromatic nitrogens is 2. The summed E-state index contributed by atoms with van der Waals surface area (Å²) in [4.78, 5) is 25.3. The lowest BCUT2D eigenvalue weighted by Crippen LogP contribution is -2.14. The number of halogens is 1. The van der Waals surface area contributed by atoms with E-state index in [9.17, 15) is 14.0 Å². The Morgan fingerprint density at radius 3 is 2.58 bits per heavy atom. The first-order chi connectivity index (χ1) is 15.0. The number of carbonyl (C=O) groups excluding carboxylic acids is 2. The van der Waals surface area contributed by atoms with E-state index in [1.165, 1.54) is 30.6 Å². The van der Waals surface area contributed by atoms with Crippen molar-refractivity contribution in [3.05, 3.63) is 83.6 Å². The number of methoxy groups -OCH3 is 1. The number of benzene rings is 2. The zero-order valence-electron chi connectivity index (χ0n) is 16.3. The fourth-order valence-corrected chi connectivity index (χ4v) is 3.63. The number of nitrogens with zero attached hydrogens (tertiary/aromatic N) is 2. The third-order valence-electron chi connectivity index (χ3n) is 4.38. The van der Waals surface area contributed by atoms with Crippen LogP contribution in [0.1, 0.15) is 10.4 Å². The molecule has 0 bridgehead atoms. The average molecular weight is 436 g/mol. The molecule has 31 heavy (non-hydrogen) atoms. The van der Waals surface area contributed by atoms with E-state index in [0.717, 1.165) is 16.6 Å². The molecular weight excluding hydrogens is 419 g/mol. The molecule has 4 rings (SSSR count). The molecule has 9 heteroatoms. The van der Waals surface area contributed by atoms with Crippen LogP contribution in [0.25, 0.3) is 16.3 Å². The summed E-state index contributed by atoms with van der Waals surface area (Å²) in [6.07, 6.45) is 0.836. The van der Waals surface area contributed by atoms with Gasteiger partial charge >= 0.3 is 6.09 Å². The fraction of sp³-hybridized carbons (Fsp3) is 0.0455. The second-order valence-corrected chi connectivity index (χ2v) is 7.36. The fourth-order valence-electron chi connectivity index (χ4n) is 2.91. The second-order valence-electron chi connectivity index (χ2n) is 6.41. The number of nitrogens with one attached hydrogen (secondary N) is 2. The Morgan fingerprint density at radius 2 is 1.87 bits per heavy atom. The number of anilines is 2. The molecule has 0 radical (unpaired) electrons. The molecule has 0 spiro atoms. The van der Waals surface area contributed by atoms with E-state index < -0.39 is 17.8 Å². The summed E-state index contributed by atoms with van der Waals surface area (Å²) in [5.74, 6) is -1.07. The highest BCUT2D eigenvalue weighted by Crippen LogP contribution is 2.29. The lowest BCUT2D eigenvalue weighted by molar-refractivity contribution is 0.102. The number of rotatable bonds is 5. The molecule has 156 valence electrons. The van der Waals surface area contributed by atoms with Crippen molar-refractivity contribution in [1.29, 1.82) is 0 Å². The Labute approximate surface area is 181 Å². The molecule has 0 aliphatic rings. The van der Waals surface area contributed by atoms with Crippen LogP contribution in [0.2, 0.25) is 0 Å². The number of ether oxygens (including phenoxy) is 1. The first kappa shape index (κ1) is 20.3. The standard InChI is InChI=1S/C22H17FN4O3S/c1-30-22(29)25-18-12-14(9-10-17(18)23)24-21(28)16-13-27(15-6-3-2-4-7-15)26-20(16)19-8-5-11-31-19/h2-13H,1H3,(H,24,28)(H,25,29). The summed E-state index contributed by atoms with van der Waals surface area (Å²) >= 11 is 1.47. The van der Waals surface area contributed by atoms with Crippen LogP contribution >= 0.6 is 11.3 Å². The number of carbonyl (C=O) groups is 2. The third kappa shape index (κ3) is 4.46. The molecule has 0 fully saturated rings. The summed E-state index contributed by atoms with van der Waals surface area (Å²) in [5.41, 5.74) is 1.90. The first-order valence-corrected chi connectivity index (χ1v) is 10.1. The SMILES string of the molecule is COC(=O)Nc1cc(NC(=O)c2cn(-c3ccccc3)nc2-c2cccs2)ccc1F. The molecule has 0 saturated heterocycles. The van der Waals surface area contributed by atoms with Gasteiger partial charge in [-0.15, -0.1) is 11.3 Å². The van der Waals surface area contributed by atoms with Crippen LogP contribution in [0.3, 0.4) is 0 Å². The van der Waals surface area contributed by atoms with Crippen molar-refractivity contribution in [2.24, 2.45) is 0 Å². The van der Waals surface area contributed by atoms with Gasteiger partial charge in [0.2, 0.25) is 0 Å². The van der Waals surface area contributed by atoms with Crippen LogP contribution in [0.5, 0.6) is 0 Å². The average Bonchev–Trinajstić information content (AvgIpc) is 3.46. The van der Waals surface area contributed by atoms with E-state index in [4.69, 9.17) is 0 Å². The van der Waals surface area contributed by atoms with E-state index in [0.29, 0.717) is 16.9 Å². The Morgan fingerprint density at radius 1 is 1.06 bits per heavy atom. The van der Waals surface area contributed by atoms with Crippen LogP contribution in [-0.4, -0.2) is 28.9 Å². The third-order valence-corrected chi connectivity index (χ3v) is 5.26. The molecule has 0 unspecified atom stereocenters. The molecule has 0 saturated carbocycles. The molecule has 0 aliphatic carbocycles. The van der Waals surface area contributed by atoms with Crippen LogP contribution in [0.15, 0.2) is 72.2 Å². The maximum atomic E-state index is 14.0. The van der Waals surface area contributed by atoms with Crippen molar-refractivity contribution in [3.63, 3.8) is 0 Å². The van der Waals surface area contributed by atoms with Gasteiger partial charge in [0.1, 0.15) is 11.5 Å². The van der Waals surface area contributed by atoms with Gasteiger partial charge in [-0.25, -0.2) is 13.9 Å². The topological polar surface area (TPSA) is 85.3 Å². The molecule has 0 atom stereocenters. The van der Waals surface area contributed by atoms with Gasteiger partial charge in [0.25, 0.3) is 5.91 Å². The van der Waals surface area contributed by atoms with Crippen molar-refractivity contribution >= 4 is 34.7 Å². The molecule has 0 aliphatic heterocycles. The van der Waals surface area contributed by atoms with Crippen molar-refractivity contribution in [2.75, 3.05) is 17.7 Å². The molecule has 2 amide bonds. The van der Waals surface area contributed by atoms with Crippen LogP contribution in [0.4, 0.5) is 20.6 Å². The Hall–Kier alpha value is -3.98. The highest BCUT2D eigenvalue weighted by Gasteiger charge is 2.20. The van der Waals surface area contributed by atoms with Crippen molar-refractivity contribution in [1.82, 2.24) is 9.78 Å². The Kier molecular flexibility index (Phi) is 5.76.